The van der Waals surface area contributed by atoms with Gasteiger partial charge in [-0.15, -0.1) is 0 Å². The fourth-order valence-electron chi connectivity index (χ4n) is 2.83. The van der Waals surface area contributed by atoms with E-state index in [4.69, 9.17) is 0 Å². The number of anilines is 1. The SMILES string of the molecule is CCCC(CC)CNCCCNc1n[nH]c(=O)c2ccccc12. The summed E-state index contributed by atoms with van der Waals surface area (Å²) in [7, 11) is 0. The molecule has 2 aromatic rings. The van der Waals surface area contributed by atoms with Gasteiger partial charge in [0, 0.05) is 11.9 Å². The maximum Gasteiger partial charge on any atom is 0.272 e. The lowest BCUT2D eigenvalue weighted by molar-refractivity contribution is 0.429. The first-order valence-corrected chi connectivity index (χ1v) is 8.68. The second-order valence-corrected chi connectivity index (χ2v) is 5.99. The smallest absolute Gasteiger partial charge is 0.272 e. The van der Waals surface area contributed by atoms with Crippen molar-refractivity contribution in [3.63, 3.8) is 0 Å². The van der Waals surface area contributed by atoms with Crippen molar-refractivity contribution < 1.29 is 0 Å². The molecule has 0 fully saturated rings. The fourth-order valence-corrected chi connectivity index (χ4v) is 2.83. The number of aromatic amines is 1. The Kier molecular flexibility index (Phi) is 7.07. The maximum atomic E-state index is 11.7. The Balaban J connectivity index is 1.77. The van der Waals surface area contributed by atoms with Crippen molar-refractivity contribution in [2.45, 2.75) is 39.5 Å². The number of hydrogen-bond acceptors (Lipinski definition) is 4. The van der Waals surface area contributed by atoms with Crippen molar-refractivity contribution in [1.82, 2.24) is 15.5 Å². The second kappa shape index (κ2) is 9.30. The third kappa shape index (κ3) is 5.06. The van der Waals surface area contributed by atoms with Crippen LogP contribution in [-0.4, -0.2) is 29.8 Å². The Labute approximate surface area is 137 Å². The molecule has 1 aromatic heterocycles. The molecule has 2 rings (SSSR count). The summed E-state index contributed by atoms with van der Waals surface area (Å²) in [6.07, 6.45) is 4.83. The van der Waals surface area contributed by atoms with Gasteiger partial charge in [0.05, 0.1) is 5.39 Å². The molecule has 0 saturated heterocycles. The van der Waals surface area contributed by atoms with Crippen LogP contribution in [0, 0.1) is 5.92 Å². The van der Waals surface area contributed by atoms with E-state index in [0.717, 1.165) is 43.2 Å². The van der Waals surface area contributed by atoms with E-state index in [2.05, 4.69) is 34.7 Å². The quantitative estimate of drug-likeness (QED) is 0.589. The van der Waals surface area contributed by atoms with Gasteiger partial charge < -0.3 is 10.6 Å². The molecule has 0 bridgehead atoms. The lowest BCUT2D eigenvalue weighted by Gasteiger charge is -2.14. The van der Waals surface area contributed by atoms with E-state index in [9.17, 15) is 4.79 Å². The molecule has 126 valence electrons. The molecule has 0 aliphatic heterocycles. The number of aromatic nitrogens is 2. The highest BCUT2D eigenvalue weighted by Gasteiger charge is 2.05. The highest BCUT2D eigenvalue weighted by atomic mass is 16.1. The molecular weight excluding hydrogens is 288 g/mol. The van der Waals surface area contributed by atoms with Gasteiger partial charge in [-0.25, -0.2) is 5.10 Å². The number of fused-ring (bicyclic) bond motifs is 1. The molecule has 1 heterocycles. The molecule has 0 spiro atoms. The number of H-pyrrole nitrogens is 1. The monoisotopic (exact) mass is 316 g/mol. The van der Waals surface area contributed by atoms with E-state index in [-0.39, 0.29) is 5.56 Å². The fraction of sp³-hybridized carbons (Fsp3) is 0.556. The van der Waals surface area contributed by atoms with Crippen LogP contribution in [0.2, 0.25) is 0 Å². The number of benzene rings is 1. The van der Waals surface area contributed by atoms with Gasteiger partial charge >= 0.3 is 0 Å². The highest BCUT2D eigenvalue weighted by molar-refractivity contribution is 5.90. The van der Waals surface area contributed by atoms with Crippen LogP contribution < -0.4 is 16.2 Å². The summed E-state index contributed by atoms with van der Waals surface area (Å²) in [4.78, 5) is 11.7. The maximum absolute atomic E-state index is 11.7. The third-order valence-electron chi connectivity index (χ3n) is 4.23. The molecule has 0 aliphatic carbocycles. The molecule has 23 heavy (non-hydrogen) atoms. The van der Waals surface area contributed by atoms with E-state index >= 15 is 0 Å². The summed E-state index contributed by atoms with van der Waals surface area (Å²) in [5.74, 6) is 1.54. The van der Waals surface area contributed by atoms with E-state index in [0.29, 0.717) is 5.39 Å². The minimum atomic E-state index is -0.144. The van der Waals surface area contributed by atoms with Crippen LogP contribution in [-0.2, 0) is 0 Å². The van der Waals surface area contributed by atoms with Gasteiger partial charge in [-0.1, -0.05) is 44.9 Å². The van der Waals surface area contributed by atoms with Gasteiger partial charge in [0.2, 0.25) is 0 Å². The van der Waals surface area contributed by atoms with Crippen molar-refractivity contribution >= 4 is 16.6 Å². The standard InChI is InChI=1S/C18H28N4O/c1-3-8-14(4-2)13-19-11-7-12-20-17-15-9-5-6-10-16(15)18(23)22-21-17/h5-6,9-10,14,19H,3-4,7-8,11-13H2,1-2H3,(H,20,21)(H,22,23). The van der Waals surface area contributed by atoms with Crippen LogP contribution >= 0.6 is 0 Å². The first-order chi connectivity index (χ1) is 11.3. The number of nitrogens with zero attached hydrogens (tertiary/aromatic N) is 1. The lowest BCUT2D eigenvalue weighted by Crippen LogP contribution is -2.25. The number of rotatable bonds is 10. The molecule has 0 saturated carbocycles. The van der Waals surface area contributed by atoms with Crippen LogP contribution in [0.5, 0.6) is 0 Å². The zero-order valence-corrected chi connectivity index (χ0v) is 14.2. The normalized spacial score (nSPS) is 12.4. The van der Waals surface area contributed by atoms with Gasteiger partial charge in [0.25, 0.3) is 5.56 Å². The molecule has 5 nitrogen and oxygen atoms in total. The molecule has 1 atom stereocenters. The first kappa shape index (κ1) is 17.5. The highest BCUT2D eigenvalue weighted by Crippen LogP contribution is 2.16. The Morgan fingerprint density at radius 2 is 1.96 bits per heavy atom. The Morgan fingerprint density at radius 1 is 1.17 bits per heavy atom. The van der Waals surface area contributed by atoms with Gasteiger partial charge in [0.15, 0.2) is 5.82 Å². The summed E-state index contributed by atoms with van der Waals surface area (Å²) < 4.78 is 0. The van der Waals surface area contributed by atoms with Gasteiger partial charge in [-0.3, -0.25) is 4.79 Å². The van der Waals surface area contributed by atoms with Crippen LogP contribution in [0.3, 0.4) is 0 Å². The lowest BCUT2D eigenvalue weighted by atomic mass is 10.0. The molecule has 1 aromatic carbocycles. The van der Waals surface area contributed by atoms with Gasteiger partial charge in [-0.2, -0.15) is 5.10 Å². The Morgan fingerprint density at radius 3 is 2.70 bits per heavy atom. The van der Waals surface area contributed by atoms with Crippen molar-refractivity contribution in [2.75, 3.05) is 25.0 Å². The third-order valence-corrected chi connectivity index (χ3v) is 4.23. The average molecular weight is 316 g/mol. The van der Waals surface area contributed by atoms with Crippen LogP contribution in [0.1, 0.15) is 39.5 Å². The number of nitrogens with one attached hydrogen (secondary N) is 3. The number of hydrogen-bond donors (Lipinski definition) is 3. The van der Waals surface area contributed by atoms with E-state index in [1.807, 2.05) is 24.3 Å². The molecule has 0 radical (unpaired) electrons. The minimum Gasteiger partial charge on any atom is -0.368 e. The molecule has 1 unspecified atom stereocenters. The van der Waals surface area contributed by atoms with Crippen molar-refractivity contribution in [3.8, 4) is 0 Å². The first-order valence-electron chi connectivity index (χ1n) is 8.68. The molecule has 0 aliphatic rings. The predicted molar refractivity (Wildman–Crippen MR) is 97.0 cm³/mol. The average Bonchev–Trinajstić information content (AvgIpc) is 2.59. The summed E-state index contributed by atoms with van der Waals surface area (Å²) in [6.45, 7) is 7.43. The van der Waals surface area contributed by atoms with Crippen LogP contribution in [0.4, 0.5) is 5.82 Å². The van der Waals surface area contributed by atoms with Crippen LogP contribution in [0.15, 0.2) is 29.1 Å². The van der Waals surface area contributed by atoms with Crippen LogP contribution in [0.25, 0.3) is 10.8 Å². The second-order valence-electron chi connectivity index (χ2n) is 5.99. The van der Waals surface area contributed by atoms with Gasteiger partial charge in [-0.05, 0) is 37.9 Å². The van der Waals surface area contributed by atoms with E-state index < -0.39 is 0 Å². The van der Waals surface area contributed by atoms with Gasteiger partial charge in [0.1, 0.15) is 0 Å². The van der Waals surface area contributed by atoms with E-state index in [1.165, 1.54) is 19.3 Å². The topological polar surface area (TPSA) is 69.8 Å². The van der Waals surface area contributed by atoms with Crippen molar-refractivity contribution in [3.05, 3.63) is 34.6 Å². The summed E-state index contributed by atoms with van der Waals surface area (Å²) >= 11 is 0. The zero-order valence-electron chi connectivity index (χ0n) is 14.2. The molecule has 5 heteroatoms. The molecule has 0 amide bonds. The largest absolute Gasteiger partial charge is 0.368 e. The van der Waals surface area contributed by atoms with E-state index in [1.54, 1.807) is 0 Å². The summed E-state index contributed by atoms with van der Waals surface area (Å²) in [5.41, 5.74) is -0.144. The predicted octanol–water partition coefficient (Wildman–Crippen LogP) is 3.14. The summed E-state index contributed by atoms with van der Waals surface area (Å²) in [5, 5.41) is 15.1. The summed E-state index contributed by atoms with van der Waals surface area (Å²) in [6, 6.07) is 7.54. The van der Waals surface area contributed by atoms with Crippen molar-refractivity contribution in [1.29, 1.82) is 0 Å². The Hall–Kier alpha value is -1.88. The minimum absolute atomic E-state index is 0.144. The molecular formula is C18H28N4O. The van der Waals surface area contributed by atoms with Crippen molar-refractivity contribution in [2.24, 2.45) is 5.92 Å². The zero-order chi connectivity index (χ0) is 16.5. The Bertz CT molecular complexity index is 653. The molecule has 3 N–H and O–H groups in total.